The Hall–Kier alpha value is -2.20. The summed E-state index contributed by atoms with van der Waals surface area (Å²) in [5.41, 5.74) is 12.6. The highest BCUT2D eigenvalue weighted by atomic mass is 35.5. The zero-order chi connectivity index (χ0) is 18.3. The van der Waals surface area contributed by atoms with Crippen molar-refractivity contribution >= 4 is 34.2 Å². The molecule has 0 spiro atoms. The summed E-state index contributed by atoms with van der Waals surface area (Å²) < 4.78 is 2.13. The molecule has 0 amide bonds. The van der Waals surface area contributed by atoms with Crippen LogP contribution in [0.3, 0.4) is 0 Å². The first kappa shape index (κ1) is 17.2. The summed E-state index contributed by atoms with van der Waals surface area (Å²) in [6.07, 6.45) is 2.65. The van der Waals surface area contributed by atoms with E-state index in [1.54, 1.807) is 0 Å². The van der Waals surface area contributed by atoms with Crippen molar-refractivity contribution < 1.29 is 0 Å². The molecule has 7 heteroatoms. The van der Waals surface area contributed by atoms with Crippen LogP contribution in [0, 0.1) is 0 Å². The minimum absolute atomic E-state index is 0.140. The summed E-state index contributed by atoms with van der Waals surface area (Å²) in [6, 6.07) is 12.3. The molecule has 132 valence electrons. The minimum atomic E-state index is 0.140. The highest BCUT2D eigenvalue weighted by Gasteiger charge is 2.29. The second kappa shape index (κ2) is 6.84. The number of halogens is 2. The fraction of sp³-hybridized carbons (Fsp3) is 0.316. The number of fused-ring (bicyclic) bond motifs is 1. The van der Waals surface area contributed by atoms with Crippen LogP contribution in [0.1, 0.15) is 37.1 Å². The lowest BCUT2D eigenvalue weighted by Gasteiger charge is -2.32. The van der Waals surface area contributed by atoms with Crippen LogP contribution >= 0.6 is 23.2 Å². The van der Waals surface area contributed by atoms with Crippen molar-refractivity contribution in [1.82, 2.24) is 9.55 Å². The molecule has 0 unspecified atom stereocenters. The van der Waals surface area contributed by atoms with Gasteiger partial charge in [-0.05, 0) is 54.1 Å². The highest BCUT2D eigenvalue weighted by molar-refractivity contribution is 6.42. The Morgan fingerprint density at radius 1 is 1.19 bits per heavy atom. The van der Waals surface area contributed by atoms with Crippen molar-refractivity contribution in [2.45, 2.75) is 38.1 Å². The minimum Gasteiger partial charge on any atom is -0.296 e. The smallest absolute Gasteiger partial charge is 0.114 e. The fourth-order valence-electron chi connectivity index (χ4n) is 3.57. The van der Waals surface area contributed by atoms with E-state index < -0.39 is 0 Å². The molecule has 0 atom stereocenters. The first-order chi connectivity index (χ1) is 12.6. The third-order valence-electron chi connectivity index (χ3n) is 5.03. The van der Waals surface area contributed by atoms with E-state index in [1.165, 1.54) is 5.56 Å². The zero-order valence-electron chi connectivity index (χ0n) is 14.2. The monoisotopic (exact) mass is 385 g/mol. The molecule has 2 aromatic carbocycles. The van der Waals surface area contributed by atoms with Gasteiger partial charge in [-0.3, -0.25) is 4.57 Å². The summed E-state index contributed by atoms with van der Waals surface area (Å²) in [6.45, 7) is 2.08. The molecule has 4 rings (SSSR count). The Morgan fingerprint density at radius 3 is 2.54 bits per heavy atom. The van der Waals surface area contributed by atoms with Gasteiger partial charge in [-0.15, -0.1) is 0 Å². The number of rotatable bonds is 4. The molecule has 1 aliphatic rings. The van der Waals surface area contributed by atoms with Crippen LogP contribution in [0.25, 0.3) is 27.2 Å². The SMILES string of the molecule is CCc1nc2cc(Cl)c(Cl)cc2n1-c1ccc(C2CC(N=[N+]=[N-])C2)cc1. The summed E-state index contributed by atoms with van der Waals surface area (Å²) in [7, 11) is 0. The van der Waals surface area contributed by atoms with Crippen molar-refractivity contribution in [2.75, 3.05) is 0 Å². The lowest BCUT2D eigenvalue weighted by atomic mass is 9.76. The van der Waals surface area contributed by atoms with Crippen molar-refractivity contribution in [2.24, 2.45) is 5.11 Å². The van der Waals surface area contributed by atoms with E-state index in [-0.39, 0.29) is 6.04 Å². The first-order valence-corrected chi connectivity index (χ1v) is 9.37. The molecular formula is C19H17Cl2N5. The fourth-order valence-corrected chi connectivity index (χ4v) is 3.89. The average Bonchev–Trinajstić information content (AvgIpc) is 2.96. The van der Waals surface area contributed by atoms with Gasteiger partial charge in [-0.25, -0.2) is 4.98 Å². The van der Waals surface area contributed by atoms with Crippen LogP contribution in [-0.2, 0) is 6.42 Å². The molecule has 5 nitrogen and oxygen atoms in total. The molecule has 0 aliphatic heterocycles. The summed E-state index contributed by atoms with van der Waals surface area (Å²) >= 11 is 12.4. The quantitative estimate of drug-likeness (QED) is 0.289. The van der Waals surface area contributed by atoms with Crippen LogP contribution in [-0.4, -0.2) is 15.6 Å². The molecule has 0 N–H and O–H groups in total. The molecule has 1 aliphatic carbocycles. The predicted octanol–water partition coefficient (Wildman–Crippen LogP) is 6.45. The molecular weight excluding hydrogens is 369 g/mol. The van der Waals surface area contributed by atoms with E-state index in [0.717, 1.165) is 41.8 Å². The Labute approximate surface area is 161 Å². The lowest BCUT2D eigenvalue weighted by Crippen LogP contribution is -2.24. The molecule has 1 saturated carbocycles. The first-order valence-electron chi connectivity index (χ1n) is 8.61. The molecule has 26 heavy (non-hydrogen) atoms. The Morgan fingerprint density at radius 2 is 1.88 bits per heavy atom. The third kappa shape index (κ3) is 2.92. The number of nitrogens with zero attached hydrogens (tertiary/aromatic N) is 5. The predicted molar refractivity (Wildman–Crippen MR) is 105 cm³/mol. The maximum atomic E-state index is 8.51. The normalized spacial score (nSPS) is 19.2. The number of azide groups is 1. The standard InChI is InChI=1S/C19H17Cl2N5/c1-2-19-23-17-9-15(20)16(21)10-18(17)26(19)14-5-3-11(4-6-14)12-7-13(8-12)24-25-22/h3-6,9-10,12-13H,2,7-8H2,1H3. The maximum Gasteiger partial charge on any atom is 0.114 e. The highest BCUT2D eigenvalue weighted by Crippen LogP contribution is 2.39. The van der Waals surface area contributed by atoms with Crippen LogP contribution < -0.4 is 0 Å². The van der Waals surface area contributed by atoms with E-state index in [1.807, 2.05) is 12.1 Å². The number of hydrogen-bond acceptors (Lipinski definition) is 2. The second-order valence-electron chi connectivity index (χ2n) is 6.59. The van der Waals surface area contributed by atoms with Gasteiger partial charge in [0.1, 0.15) is 5.82 Å². The maximum absolute atomic E-state index is 8.51. The van der Waals surface area contributed by atoms with Crippen molar-refractivity contribution in [3.8, 4) is 5.69 Å². The number of aryl methyl sites for hydroxylation is 1. The summed E-state index contributed by atoms with van der Waals surface area (Å²) in [5, 5.41) is 4.82. The van der Waals surface area contributed by atoms with E-state index in [9.17, 15) is 0 Å². The van der Waals surface area contributed by atoms with Gasteiger partial charge in [-0.2, -0.15) is 0 Å². The van der Waals surface area contributed by atoms with Gasteiger partial charge in [-0.1, -0.05) is 47.4 Å². The zero-order valence-corrected chi connectivity index (χ0v) is 15.7. The molecule has 0 bridgehead atoms. The van der Waals surface area contributed by atoms with Crippen molar-refractivity contribution in [1.29, 1.82) is 0 Å². The summed E-state index contributed by atoms with van der Waals surface area (Å²) in [5.74, 6) is 1.44. The van der Waals surface area contributed by atoms with Crippen LogP contribution in [0.15, 0.2) is 41.5 Å². The third-order valence-corrected chi connectivity index (χ3v) is 5.76. The molecule has 1 heterocycles. The largest absolute Gasteiger partial charge is 0.296 e. The molecule has 3 aromatic rings. The Balaban J connectivity index is 1.69. The van der Waals surface area contributed by atoms with Gasteiger partial charge in [0.15, 0.2) is 0 Å². The van der Waals surface area contributed by atoms with Crippen LogP contribution in [0.2, 0.25) is 10.0 Å². The number of imidazole rings is 1. The van der Waals surface area contributed by atoms with Crippen LogP contribution in [0.5, 0.6) is 0 Å². The van der Waals surface area contributed by atoms with E-state index in [4.69, 9.17) is 33.7 Å². The van der Waals surface area contributed by atoms with E-state index in [0.29, 0.717) is 16.0 Å². The van der Waals surface area contributed by atoms with Gasteiger partial charge in [0.05, 0.1) is 21.1 Å². The van der Waals surface area contributed by atoms with E-state index >= 15 is 0 Å². The number of benzene rings is 2. The average molecular weight is 386 g/mol. The molecule has 1 aromatic heterocycles. The van der Waals surface area contributed by atoms with Gasteiger partial charge >= 0.3 is 0 Å². The molecule has 0 saturated heterocycles. The van der Waals surface area contributed by atoms with Crippen LogP contribution in [0.4, 0.5) is 0 Å². The summed E-state index contributed by atoms with van der Waals surface area (Å²) in [4.78, 5) is 7.59. The molecule has 1 fully saturated rings. The number of hydrogen-bond donors (Lipinski definition) is 0. The Kier molecular flexibility index (Phi) is 4.53. The van der Waals surface area contributed by atoms with E-state index in [2.05, 4.69) is 45.8 Å². The number of aromatic nitrogens is 2. The van der Waals surface area contributed by atoms with Crippen molar-refractivity contribution in [3.05, 3.63) is 68.3 Å². The molecule has 0 radical (unpaired) electrons. The van der Waals surface area contributed by atoms with Crippen molar-refractivity contribution in [3.63, 3.8) is 0 Å². The van der Waals surface area contributed by atoms with Gasteiger partial charge in [0.2, 0.25) is 0 Å². The Bertz CT molecular complexity index is 1010. The van der Waals surface area contributed by atoms with Gasteiger partial charge < -0.3 is 0 Å². The van der Waals surface area contributed by atoms with Gasteiger partial charge in [0.25, 0.3) is 0 Å². The topological polar surface area (TPSA) is 66.6 Å². The lowest BCUT2D eigenvalue weighted by molar-refractivity contribution is 0.351. The van der Waals surface area contributed by atoms with Gasteiger partial charge in [0, 0.05) is 23.1 Å². The second-order valence-corrected chi connectivity index (χ2v) is 7.41.